The molecule has 0 heterocycles. The molecule has 0 aromatic rings. The Morgan fingerprint density at radius 2 is 0.981 bits per heavy atom. The predicted octanol–water partition coefficient (Wildman–Crippen LogP) is 4.84. The van der Waals surface area contributed by atoms with E-state index in [1.54, 1.807) is 14.2 Å². The second-order valence-electron chi connectivity index (χ2n) is 13.6. The summed E-state index contributed by atoms with van der Waals surface area (Å²) in [5, 5.41) is 2.70. The third-order valence-electron chi connectivity index (χ3n) is 8.26. The molecule has 0 bridgehead atoms. The van der Waals surface area contributed by atoms with Gasteiger partial charge in [0.1, 0.15) is 0 Å². The maximum Gasteiger partial charge on any atom is 0.351 e. The average molecular weight is 775 g/mol. The van der Waals surface area contributed by atoms with Crippen molar-refractivity contribution in [2.45, 2.75) is 135 Å². The number of carbonyl (C=O) groups excluding carboxylic acids is 6. The van der Waals surface area contributed by atoms with Gasteiger partial charge in [0.25, 0.3) is 0 Å². The monoisotopic (exact) mass is 774 g/mol. The van der Waals surface area contributed by atoms with Crippen molar-refractivity contribution in [1.29, 1.82) is 0 Å². The molecule has 314 valence electrons. The maximum atomic E-state index is 13.7. The Balaban J connectivity index is 5.54. The molecule has 0 aliphatic rings. The zero-order valence-electron chi connectivity index (χ0n) is 33.8. The van der Waals surface area contributed by atoms with Crippen molar-refractivity contribution in [3.63, 3.8) is 0 Å². The zero-order valence-corrected chi connectivity index (χ0v) is 33.8. The molecule has 0 aliphatic heterocycles. The van der Waals surface area contributed by atoms with Gasteiger partial charge in [-0.15, -0.1) is 0 Å². The van der Waals surface area contributed by atoms with Crippen LogP contribution < -0.4 is 5.32 Å². The number of unbranched alkanes of at least 4 members (excludes halogenated alkanes) is 10. The predicted molar refractivity (Wildman–Crippen MR) is 201 cm³/mol. The number of amides is 1. The van der Waals surface area contributed by atoms with Gasteiger partial charge >= 0.3 is 29.8 Å². The molecule has 54 heavy (non-hydrogen) atoms. The first-order valence-corrected chi connectivity index (χ1v) is 19.7. The van der Waals surface area contributed by atoms with E-state index in [0.29, 0.717) is 71.2 Å². The first-order chi connectivity index (χ1) is 26.0. The van der Waals surface area contributed by atoms with Crippen LogP contribution in [-0.2, 0) is 61.9 Å². The fraction of sp³-hybridized carbons (Fsp3) is 0.846. The summed E-state index contributed by atoms with van der Waals surface area (Å²) < 4.78 is 37.3. The minimum Gasteiger partial charge on any atom is -0.466 e. The van der Waals surface area contributed by atoms with Gasteiger partial charge in [-0.2, -0.15) is 0 Å². The minimum absolute atomic E-state index is 0.0121. The lowest BCUT2D eigenvalue weighted by Gasteiger charge is -2.30. The summed E-state index contributed by atoms with van der Waals surface area (Å²) in [5.74, 6) is -4.42. The van der Waals surface area contributed by atoms with Crippen molar-refractivity contribution in [2.24, 2.45) is 0 Å². The molecule has 0 spiro atoms. The summed E-state index contributed by atoms with van der Waals surface area (Å²) in [4.78, 5) is 79.3. The maximum absolute atomic E-state index is 13.7. The van der Waals surface area contributed by atoms with Crippen LogP contribution in [0.1, 0.15) is 129 Å². The van der Waals surface area contributed by atoms with Gasteiger partial charge in [0, 0.05) is 53.4 Å². The van der Waals surface area contributed by atoms with Crippen LogP contribution in [0.4, 0.5) is 0 Å². The molecule has 0 aliphatic carbocycles. The van der Waals surface area contributed by atoms with Crippen molar-refractivity contribution in [1.82, 2.24) is 10.2 Å². The minimum atomic E-state index is -2.38. The van der Waals surface area contributed by atoms with E-state index < -0.39 is 54.6 Å². The Morgan fingerprint density at radius 1 is 0.519 bits per heavy atom. The first-order valence-electron chi connectivity index (χ1n) is 19.7. The molecule has 0 saturated carbocycles. The zero-order chi connectivity index (χ0) is 40.3. The molecule has 15 heteroatoms. The van der Waals surface area contributed by atoms with Crippen molar-refractivity contribution in [2.75, 3.05) is 81.0 Å². The largest absolute Gasteiger partial charge is 0.466 e. The van der Waals surface area contributed by atoms with E-state index in [2.05, 4.69) is 12.2 Å². The molecule has 1 unspecified atom stereocenters. The normalized spacial score (nSPS) is 12.1. The van der Waals surface area contributed by atoms with Crippen LogP contribution in [0, 0.1) is 0 Å². The van der Waals surface area contributed by atoms with E-state index in [0.717, 1.165) is 51.4 Å². The lowest BCUT2D eigenvalue weighted by molar-refractivity contribution is -0.191. The number of hydrogen-bond acceptors (Lipinski definition) is 14. The fourth-order valence-electron chi connectivity index (χ4n) is 5.11. The van der Waals surface area contributed by atoms with Crippen LogP contribution in [0.15, 0.2) is 0 Å². The van der Waals surface area contributed by atoms with Crippen LogP contribution in [0.2, 0.25) is 0 Å². The standard InChI is InChI=1S/C39H70N2O13/c1-6-7-8-9-13-20-34(43)50-27-17-12-18-29-52-37(46)32-39(38(47)53-30-19-11-15-26-49-5,31-36(45)51-28-16-10-14-25-48-4)54-35(44)22-21-33(42)40-23-24-41(2)3/h6-32H2,1-5H3,(H,40,42). The second kappa shape index (κ2) is 34.2. The smallest absolute Gasteiger partial charge is 0.351 e. The second-order valence-corrected chi connectivity index (χ2v) is 13.6. The van der Waals surface area contributed by atoms with Crippen molar-refractivity contribution in [3.05, 3.63) is 0 Å². The van der Waals surface area contributed by atoms with E-state index in [1.165, 1.54) is 0 Å². The Bertz CT molecular complexity index is 1040. The highest BCUT2D eigenvalue weighted by molar-refractivity contribution is 5.93. The lowest BCUT2D eigenvalue weighted by atomic mass is 9.94. The molecular formula is C39H70N2O13. The summed E-state index contributed by atoms with van der Waals surface area (Å²) in [7, 11) is 6.90. The number of carbonyl (C=O) groups is 6. The highest BCUT2D eigenvalue weighted by Gasteiger charge is 2.49. The van der Waals surface area contributed by atoms with E-state index in [-0.39, 0.29) is 38.8 Å². The van der Waals surface area contributed by atoms with Crippen LogP contribution in [-0.4, -0.2) is 127 Å². The van der Waals surface area contributed by atoms with Gasteiger partial charge in [-0.3, -0.25) is 24.0 Å². The summed E-state index contributed by atoms with van der Waals surface area (Å²) in [6.07, 6.45) is 8.96. The van der Waals surface area contributed by atoms with E-state index in [1.807, 2.05) is 19.0 Å². The van der Waals surface area contributed by atoms with Gasteiger partial charge in [-0.05, 0) is 78.3 Å². The Labute approximate surface area is 323 Å². The van der Waals surface area contributed by atoms with Crippen molar-refractivity contribution >= 4 is 35.8 Å². The summed E-state index contributed by atoms with van der Waals surface area (Å²) in [5.41, 5.74) is -2.38. The van der Waals surface area contributed by atoms with Gasteiger partial charge < -0.3 is 43.4 Å². The molecule has 0 fully saturated rings. The average Bonchev–Trinajstić information content (AvgIpc) is 3.12. The summed E-state index contributed by atoms with van der Waals surface area (Å²) in [6.45, 7) is 4.45. The van der Waals surface area contributed by atoms with E-state index in [9.17, 15) is 28.8 Å². The highest BCUT2D eigenvalue weighted by atomic mass is 16.6. The number of ether oxygens (including phenoxy) is 7. The Kier molecular flexibility index (Phi) is 32.1. The molecule has 0 radical (unpaired) electrons. The molecular weight excluding hydrogens is 704 g/mol. The number of rotatable bonds is 36. The number of hydrogen-bond donors (Lipinski definition) is 1. The lowest BCUT2D eigenvalue weighted by Crippen LogP contribution is -2.49. The Morgan fingerprint density at radius 3 is 1.48 bits per heavy atom. The fourth-order valence-corrected chi connectivity index (χ4v) is 5.11. The third kappa shape index (κ3) is 29.1. The number of esters is 5. The summed E-state index contributed by atoms with van der Waals surface area (Å²) in [6, 6.07) is 0. The van der Waals surface area contributed by atoms with Gasteiger partial charge in [-0.25, -0.2) is 4.79 Å². The first kappa shape index (κ1) is 50.7. The number of methoxy groups -OCH3 is 2. The molecule has 1 atom stereocenters. The Hall–Kier alpha value is -3.30. The van der Waals surface area contributed by atoms with Gasteiger partial charge in [0.2, 0.25) is 11.5 Å². The van der Waals surface area contributed by atoms with Crippen LogP contribution in [0.3, 0.4) is 0 Å². The molecule has 0 aromatic carbocycles. The quantitative estimate of drug-likeness (QED) is 0.0518. The topological polar surface area (TPSA) is 182 Å². The SMILES string of the molecule is CCCCCCCC(=O)OCCCCCOC(=O)CC(CC(=O)OCCCCCOC)(OC(=O)CCC(=O)NCCN(C)C)C(=O)OCCCCCOC. The summed E-state index contributed by atoms with van der Waals surface area (Å²) >= 11 is 0. The van der Waals surface area contributed by atoms with Gasteiger partial charge in [0.05, 0.1) is 45.7 Å². The van der Waals surface area contributed by atoms with Crippen LogP contribution in [0.5, 0.6) is 0 Å². The molecule has 1 amide bonds. The van der Waals surface area contributed by atoms with E-state index >= 15 is 0 Å². The van der Waals surface area contributed by atoms with Gasteiger partial charge in [0.15, 0.2) is 0 Å². The molecule has 0 rings (SSSR count). The molecule has 0 aromatic heterocycles. The third-order valence-corrected chi connectivity index (χ3v) is 8.26. The van der Waals surface area contributed by atoms with Gasteiger partial charge in [-0.1, -0.05) is 32.6 Å². The van der Waals surface area contributed by atoms with Crippen molar-refractivity contribution in [3.8, 4) is 0 Å². The van der Waals surface area contributed by atoms with Crippen molar-refractivity contribution < 1.29 is 61.9 Å². The molecule has 15 nitrogen and oxygen atoms in total. The highest BCUT2D eigenvalue weighted by Crippen LogP contribution is 2.27. The number of nitrogens with zero attached hydrogens (tertiary/aromatic N) is 1. The molecule has 0 saturated heterocycles. The number of nitrogens with one attached hydrogen (secondary N) is 1. The number of likely N-dealkylation sites (N-methyl/N-ethyl adjacent to an activating group) is 1. The van der Waals surface area contributed by atoms with Crippen LogP contribution >= 0.6 is 0 Å². The molecule has 1 N–H and O–H groups in total. The van der Waals surface area contributed by atoms with Crippen LogP contribution in [0.25, 0.3) is 0 Å². The van der Waals surface area contributed by atoms with E-state index in [4.69, 9.17) is 33.2 Å².